The number of nitrogens with one attached hydrogen (secondary N) is 2. The molecule has 8 saturated heterocycles. The molecule has 0 saturated carbocycles. The van der Waals surface area contributed by atoms with Crippen molar-refractivity contribution in [2.75, 3.05) is 59.5 Å². The maximum Gasteiger partial charge on any atom is 0.217 e. The lowest BCUT2D eigenvalue weighted by Crippen LogP contribution is -2.70. The SMILES string of the molecule is CC(=O)N[C@H]1[C@H](O[C@H]2[C@H](O)[C@@H](NC(C)=O)CO[C@@H]2CO)O[C@H](CO)[C@@H](O[C@@H]2O[C@H](CO[C@H]3O[C@H](CO[C@H]4O[C@H](CO)[C@@H](O)[C@H](O)[C@@H]4O[C@H]4O[C@H](CO)[C@@H](O)[C@H](O)[C@@H]4O)[C@@H](O)[C@H](O[C@H]4O[C@H](CO)[C@@H](O)[C@H](O)[C@@H]4O)[C@@H]3O)[C@@H](O)[C@H](O[C@H]3O[C@H](CO)[C@@H](O)[C@H](O)[C@@H]3O)[C@@H]2O)[C@@H]1O. The van der Waals surface area contributed by atoms with Crippen LogP contribution in [0.25, 0.3) is 0 Å². The fourth-order valence-corrected chi connectivity index (χ4v) is 12.0. The third-order valence-electron chi connectivity index (χ3n) is 17.4. The van der Waals surface area contributed by atoms with E-state index in [0.717, 1.165) is 13.8 Å². The van der Waals surface area contributed by atoms with Gasteiger partial charge in [-0.15, -0.1) is 0 Å². The van der Waals surface area contributed by atoms with Crippen molar-refractivity contribution in [3.8, 4) is 0 Å². The number of hydrogen-bond acceptors (Lipinski definition) is 40. The minimum atomic E-state index is -2.37. The Bertz CT molecular complexity index is 2350. The standard InChI is InChI=1S/C52H88N2O40/c1-12(61)53-14-9-80-19(7-59)41(24(14)63)90-46-23(54-13(2)62)31(70)42(20(8-60)87-46)91-51-40(79)44(93-49-37(76)33(72)26(65)16(4-56)84-49)30(69)22(89-51)10-81-47-39(78)43(92-48-36(75)32(71)25(64)15(3-55)83-48)29(68)21(88-47)11-82-52-45(35(74)28(67)18(6-58)86-52)94-50-38(77)34(73)27(66)17(5-57)85-50/h14-52,55-60,63-79H,3-11H2,1-2H3,(H,53,61)(H,54,62)/t14-,15+,16+,17+,18+,19+,20+,21+,22+,23+,24+,25+,26+,27+,28+,29+,30+,31+,32-,33-,34-,35-,36-,37-,38-,39-,40-,41+,42+,43-,44-,45-,46-,47-,48+,49+,50+,51-,52-/m0/s1. The Morgan fingerprint density at radius 2 is 0.638 bits per heavy atom. The first-order chi connectivity index (χ1) is 44.5. The summed E-state index contributed by atoms with van der Waals surface area (Å²) in [5.41, 5.74) is 0. The molecule has 0 aromatic rings. The Hall–Kier alpha value is -2.58. The molecule has 8 heterocycles. The fourth-order valence-electron chi connectivity index (χ4n) is 12.0. The van der Waals surface area contributed by atoms with Gasteiger partial charge in [-0.2, -0.15) is 0 Å². The topological polar surface area (TPSA) is 662 Å². The third-order valence-corrected chi connectivity index (χ3v) is 17.4. The number of carbonyl (C=O) groups is 2. The van der Waals surface area contributed by atoms with Crippen LogP contribution in [0.3, 0.4) is 0 Å². The number of carbonyl (C=O) groups excluding carboxylic acids is 2. The van der Waals surface area contributed by atoms with Gasteiger partial charge in [0, 0.05) is 13.8 Å². The lowest BCUT2D eigenvalue weighted by atomic mass is 9.94. The van der Waals surface area contributed by atoms with Crippen LogP contribution in [0.5, 0.6) is 0 Å². The zero-order valence-electron chi connectivity index (χ0n) is 50.1. The van der Waals surface area contributed by atoms with Crippen LogP contribution in [0.2, 0.25) is 0 Å². The van der Waals surface area contributed by atoms with Gasteiger partial charge in [0.15, 0.2) is 44.0 Å². The van der Waals surface area contributed by atoms with Gasteiger partial charge in [-0.3, -0.25) is 9.59 Å². The van der Waals surface area contributed by atoms with E-state index in [2.05, 4.69) is 10.6 Å². The highest BCUT2D eigenvalue weighted by molar-refractivity contribution is 5.73. The Morgan fingerprint density at radius 1 is 0.309 bits per heavy atom. The molecule has 0 aromatic heterocycles. The van der Waals surface area contributed by atoms with E-state index in [1.54, 1.807) is 0 Å². The summed E-state index contributed by atoms with van der Waals surface area (Å²) in [5.74, 6) is -1.44. The van der Waals surface area contributed by atoms with Crippen molar-refractivity contribution in [2.45, 2.75) is 253 Å². The summed E-state index contributed by atoms with van der Waals surface area (Å²) in [6, 6.07) is -2.89. The zero-order valence-corrected chi connectivity index (χ0v) is 50.1. The molecule has 8 fully saturated rings. The number of ether oxygens (including phenoxy) is 15. The summed E-state index contributed by atoms with van der Waals surface area (Å²) in [4.78, 5) is 24.7. The van der Waals surface area contributed by atoms with E-state index >= 15 is 0 Å². The lowest BCUT2D eigenvalue weighted by Gasteiger charge is -2.50. The predicted octanol–water partition coefficient (Wildman–Crippen LogP) is -17.5. The van der Waals surface area contributed by atoms with Gasteiger partial charge < -0.3 is 199 Å². The smallest absolute Gasteiger partial charge is 0.217 e. The average Bonchev–Trinajstić information content (AvgIpc) is 0.782. The van der Waals surface area contributed by atoms with Gasteiger partial charge in [-0.25, -0.2) is 0 Å². The molecule has 25 N–H and O–H groups in total. The molecule has 8 rings (SSSR count). The van der Waals surface area contributed by atoms with Crippen LogP contribution in [0.1, 0.15) is 13.8 Å². The van der Waals surface area contributed by atoms with E-state index in [0.29, 0.717) is 0 Å². The summed E-state index contributed by atoms with van der Waals surface area (Å²) in [5, 5.41) is 255. The van der Waals surface area contributed by atoms with Crippen LogP contribution < -0.4 is 10.6 Å². The maximum absolute atomic E-state index is 12.7. The Balaban J connectivity index is 1.08. The normalized spacial score (nSPS) is 50.4. The number of hydrogen-bond donors (Lipinski definition) is 25. The van der Waals surface area contributed by atoms with Crippen LogP contribution in [0, 0.1) is 0 Å². The molecule has 39 atom stereocenters. The van der Waals surface area contributed by atoms with Gasteiger partial charge in [-0.05, 0) is 0 Å². The lowest BCUT2D eigenvalue weighted by molar-refractivity contribution is -0.389. The van der Waals surface area contributed by atoms with E-state index in [9.17, 15) is 127 Å². The summed E-state index contributed by atoms with van der Waals surface area (Å²) in [6.07, 6.45) is -73.9. The molecule has 94 heavy (non-hydrogen) atoms. The minimum absolute atomic E-state index is 0.302. The van der Waals surface area contributed by atoms with E-state index < -0.39 is 304 Å². The van der Waals surface area contributed by atoms with Crippen molar-refractivity contribution in [1.82, 2.24) is 10.6 Å². The number of rotatable bonds is 24. The van der Waals surface area contributed by atoms with Gasteiger partial charge in [0.05, 0.1) is 65.5 Å². The van der Waals surface area contributed by atoms with Gasteiger partial charge in [0.25, 0.3) is 0 Å². The van der Waals surface area contributed by atoms with Crippen molar-refractivity contribution in [1.29, 1.82) is 0 Å². The van der Waals surface area contributed by atoms with Gasteiger partial charge >= 0.3 is 0 Å². The van der Waals surface area contributed by atoms with E-state index in [1.165, 1.54) is 0 Å². The van der Waals surface area contributed by atoms with Crippen molar-refractivity contribution in [3.63, 3.8) is 0 Å². The Kier molecular flexibility index (Phi) is 27.7. The Morgan fingerprint density at radius 3 is 1.07 bits per heavy atom. The summed E-state index contributed by atoms with van der Waals surface area (Å²) in [7, 11) is 0. The molecule has 0 bridgehead atoms. The highest BCUT2D eigenvalue weighted by atomic mass is 16.8. The predicted molar refractivity (Wildman–Crippen MR) is 286 cm³/mol. The van der Waals surface area contributed by atoms with Crippen LogP contribution in [-0.4, -0.2) is 428 Å². The molecular formula is C52H88N2O40. The zero-order chi connectivity index (χ0) is 69.1. The van der Waals surface area contributed by atoms with Gasteiger partial charge in [-0.1, -0.05) is 0 Å². The van der Waals surface area contributed by atoms with Crippen molar-refractivity contribution in [2.24, 2.45) is 0 Å². The van der Waals surface area contributed by atoms with Gasteiger partial charge in [0.1, 0.15) is 189 Å². The monoisotopic (exact) mass is 1380 g/mol. The van der Waals surface area contributed by atoms with Crippen molar-refractivity contribution in [3.05, 3.63) is 0 Å². The molecule has 546 valence electrons. The van der Waals surface area contributed by atoms with E-state index in [4.69, 9.17) is 71.1 Å². The highest BCUT2D eigenvalue weighted by Gasteiger charge is 2.59. The molecule has 42 nitrogen and oxygen atoms in total. The first kappa shape index (κ1) is 77.2. The van der Waals surface area contributed by atoms with Crippen LogP contribution in [0.4, 0.5) is 0 Å². The van der Waals surface area contributed by atoms with Crippen molar-refractivity contribution < 1.29 is 198 Å². The largest absolute Gasteiger partial charge is 0.394 e. The number of amides is 2. The molecule has 42 heteroatoms. The molecule has 2 amide bonds. The maximum atomic E-state index is 12.7. The van der Waals surface area contributed by atoms with E-state index in [-0.39, 0.29) is 6.61 Å². The summed E-state index contributed by atoms with van der Waals surface area (Å²) >= 11 is 0. The summed E-state index contributed by atoms with van der Waals surface area (Å²) in [6.45, 7) is -6.12. The molecule has 0 aromatic carbocycles. The molecular weight excluding hydrogens is 1290 g/mol. The molecule has 0 unspecified atom stereocenters. The first-order valence-corrected chi connectivity index (χ1v) is 30.0. The minimum Gasteiger partial charge on any atom is -0.394 e. The van der Waals surface area contributed by atoms with Crippen LogP contribution >= 0.6 is 0 Å². The quantitative estimate of drug-likeness (QED) is 0.0427. The molecule has 0 spiro atoms. The third kappa shape index (κ3) is 16.7. The second-order valence-electron chi connectivity index (χ2n) is 23.8. The summed E-state index contributed by atoms with van der Waals surface area (Å²) < 4.78 is 86.9. The average molecular weight is 1380 g/mol. The molecule has 0 aliphatic carbocycles. The fraction of sp³-hybridized carbons (Fsp3) is 0.962. The molecule has 8 aliphatic heterocycles. The Labute approximate surface area is 532 Å². The molecule has 0 radical (unpaired) electrons. The van der Waals surface area contributed by atoms with Gasteiger partial charge in [0.2, 0.25) is 11.8 Å². The van der Waals surface area contributed by atoms with Crippen LogP contribution in [-0.2, 0) is 80.6 Å². The van der Waals surface area contributed by atoms with Crippen molar-refractivity contribution >= 4 is 11.8 Å². The highest BCUT2D eigenvalue weighted by Crippen LogP contribution is 2.38. The second kappa shape index (κ2) is 33.7. The van der Waals surface area contributed by atoms with Crippen LogP contribution in [0.15, 0.2) is 0 Å². The first-order valence-electron chi connectivity index (χ1n) is 30.0. The number of aliphatic hydroxyl groups is 23. The van der Waals surface area contributed by atoms with E-state index in [1.807, 2.05) is 0 Å². The number of aliphatic hydroxyl groups excluding tert-OH is 23. The second-order valence-corrected chi connectivity index (χ2v) is 23.8. The molecule has 8 aliphatic rings.